The van der Waals surface area contributed by atoms with Crippen LogP contribution in [-0.4, -0.2) is 31.5 Å². The predicted octanol–water partition coefficient (Wildman–Crippen LogP) is 2.73. The molecule has 0 spiro atoms. The van der Waals surface area contributed by atoms with Crippen molar-refractivity contribution in [3.8, 4) is 0 Å². The number of rotatable bonds is 2. The summed E-state index contributed by atoms with van der Waals surface area (Å²) in [5, 5.41) is 0. The number of sulfonamides is 1. The van der Waals surface area contributed by atoms with Crippen molar-refractivity contribution in [2.24, 2.45) is 10.7 Å². The van der Waals surface area contributed by atoms with Gasteiger partial charge in [0.2, 0.25) is 16.0 Å². The third-order valence-electron chi connectivity index (χ3n) is 5.23. The van der Waals surface area contributed by atoms with E-state index in [0.717, 1.165) is 26.6 Å². The van der Waals surface area contributed by atoms with Gasteiger partial charge in [-0.25, -0.2) is 22.1 Å². The molecule has 0 fully saturated rings. The second-order valence-electron chi connectivity index (χ2n) is 7.21. The van der Waals surface area contributed by atoms with E-state index in [9.17, 15) is 12.8 Å². The topological polar surface area (TPSA) is 75.8 Å². The molecule has 0 bridgehead atoms. The van der Waals surface area contributed by atoms with Gasteiger partial charge < -0.3 is 5.73 Å². The molecule has 2 aromatic rings. The molecule has 27 heavy (non-hydrogen) atoms. The van der Waals surface area contributed by atoms with Crippen molar-refractivity contribution in [2.75, 3.05) is 12.8 Å². The Labute approximate surface area is 158 Å². The number of guanidine groups is 1. The number of allylic oxidation sites excluding steroid dienone is 1. The summed E-state index contributed by atoms with van der Waals surface area (Å²) in [6.45, 7) is 1.61. The number of hydrogen-bond acceptors (Lipinski definition) is 4. The normalized spacial score (nSPS) is 23.6. The van der Waals surface area contributed by atoms with Gasteiger partial charge in [0.15, 0.2) is 0 Å². The van der Waals surface area contributed by atoms with E-state index in [4.69, 9.17) is 5.73 Å². The molecule has 1 atom stereocenters. The lowest BCUT2D eigenvalue weighted by molar-refractivity contribution is 0.457. The molecule has 0 radical (unpaired) electrons. The maximum atomic E-state index is 14.9. The molecule has 4 rings (SSSR count). The maximum absolute atomic E-state index is 14.9. The molecule has 7 heteroatoms. The molecule has 1 heterocycles. The largest absolute Gasteiger partial charge is 0.369 e. The minimum atomic E-state index is -3.65. The number of nitrogens with two attached hydrogens (primary N) is 1. The summed E-state index contributed by atoms with van der Waals surface area (Å²) in [6.07, 6.45) is 2.64. The van der Waals surface area contributed by atoms with Gasteiger partial charge in [0, 0.05) is 12.6 Å². The molecule has 5 nitrogen and oxygen atoms in total. The van der Waals surface area contributed by atoms with Crippen LogP contribution in [0, 0.1) is 5.82 Å². The molecule has 140 valence electrons. The first-order valence-electron chi connectivity index (χ1n) is 8.60. The summed E-state index contributed by atoms with van der Waals surface area (Å²) in [4.78, 5) is 4.31. The Morgan fingerprint density at radius 1 is 1.22 bits per heavy atom. The van der Waals surface area contributed by atoms with Gasteiger partial charge >= 0.3 is 0 Å². The highest BCUT2D eigenvalue weighted by Crippen LogP contribution is 2.38. The average molecular weight is 385 g/mol. The van der Waals surface area contributed by atoms with Gasteiger partial charge in [0.05, 0.1) is 5.75 Å². The lowest BCUT2D eigenvalue weighted by Gasteiger charge is -2.34. The number of aliphatic imine (C=N–C) groups is 1. The summed E-state index contributed by atoms with van der Waals surface area (Å²) in [7, 11) is -2.30. The van der Waals surface area contributed by atoms with Gasteiger partial charge in [-0.15, -0.1) is 0 Å². The van der Waals surface area contributed by atoms with Gasteiger partial charge in [-0.2, -0.15) is 0 Å². The summed E-state index contributed by atoms with van der Waals surface area (Å²) >= 11 is 0. The monoisotopic (exact) mass is 385 g/mol. The van der Waals surface area contributed by atoms with Crippen LogP contribution in [0.1, 0.15) is 29.2 Å². The van der Waals surface area contributed by atoms with Crippen molar-refractivity contribution >= 4 is 27.6 Å². The minimum absolute atomic E-state index is 0.133. The maximum Gasteiger partial charge on any atom is 0.239 e. The molecule has 1 aliphatic carbocycles. The lowest BCUT2D eigenvalue weighted by Crippen LogP contribution is -2.50. The lowest BCUT2D eigenvalue weighted by atomic mass is 9.91. The minimum Gasteiger partial charge on any atom is -0.369 e. The standard InChI is InChI=1S/C20H20FN3O2S/c1-20(12-27(25,26)24(2)19(22)23-20)17-10-15-8-14(9-16(15)11-18(17)21)13-6-4-3-5-7-13/h3-7,9-11H,8,12H2,1-2H3,(H2,22,23)/t20-/m0/s1. The molecule has 0 amide bonds. The van der Waals surface area contributed by atoms with Gasteiger partial charge in [-0.05, 0) is 47.7 Å². The number of hydrogen-bond donors (Lipinski definition) is 1. The molecule has 0 saturated carbocycles. The molecule has 2 aliphatic rings. The highest BCUT2D eigenvalue weighted by Gasteiger charge is 2.42. The Bertz CT molecular complexity index is 1090. The van der Waals surface area contributed by atoms with E-state index >= 15 is 0 Å². The summed E-state index contributed by atoms with van der Waals surface area (Å²) in [6, 6.07) is 13.1. The first-order chi connectivity index (χ1) is 12.7. The van der Waals surface area contributed by atoms with E-state index in [2.05, 4.69) is 4.99 Å². The van der Waals surface area contributed by atoms with Crippen LogP contribution in [0.15, 0.2) is 47.5 Å². The highest BCUT2D eigenvalue weighted by molar-refractivity contribution is 7.89. The number of benzene rings is 2. The van der Waals surface area contributed by atoms with Crippen LogP contribution in [0.3, 0.4) is 0 Å². The highest BCUT2D eigenvalue weighted by atomic mass is 32.2. The fourth-order valence-corrected chi connectivity index (χ4v) is 5.15. The Morgan fingerprint density at radius 2 is 1.93 bits per heavy atom. The molecule has 1 aliphatic heterocycles. The van der Waals surface area contributed by atoms with Crippen LogP contribution in [0.4, 0.5) is 4.39 Å². The predicted molar refractivity (Wildman–Crippen MR) is 105 cm³/mol. The summed E-state index contributed by atoms with van der Waals surface area (Å²) in [5.41, 5.74) is 8.74. The molecule has 2 N–H and O–H groups in total. The molecule has 0 unspecified atom stereocenters. The van der Waals surface area contributed by atoms with Crippen molar-refractivity contribution in [1.29, 1.82) is 0 Å². The van der Waals surface area contributed by atoms with Crippen LogP contribution >= 0.6 is 0 Å². The van der Waals surface area contributed by atoms with E-state index in [-0.39, 0.29) is 17.3 Å². The van der Waals surface area contributed by atoms with Crippen LogP contribution in [-0.2, 0) is 22.0 Å². The van der Waals surface area contributed by atoms with Crippen molar-refractivity contribution in [3.63, 3.8) is 0 Å². The smallest absolute Gasteiger partial charge is 0.239 e. The zero-order valence-electron chi connectivity index (χ0n) is 15.1. The SMILES string of the molecule is CN1C(N)=N[C@](C)(c2cc3c(cc2F)C=C(c2ccccc2)C3)CS1(=O)=O. The van der Waals surface area contributed by atoms with Gasteiger partial charge in [0.25, 0.3) is 0 Å². The summed E-state index contributed by atoms with van der Waals surface area (Å²) < 4.78 is 40.7. The van der Waals surface area contributed by atoms with Crippen LogP contribution in [0.25, 0.3) is 11.6 Å². The van der Waals surface area contributed by atoms with Crippen LogP contribution < -0.4 is 5.73 Å². The molecule has 0 saturated heterocycles. The number of halogens is 1. The molecule has 2 aromatic carbocycles. The Morgan fingerprint density at radius 3 is 2.59 bits per heavy atom. The molecular weight excluding hydrogens is 365 g/mol. The number of fused-ring (bicyclic) bond motifs is 1. The fourth-order valence-electron chi connectivity index (χ4n) is 3.70. The Kier molecular flexibility index (Phi) is 3.89. The Balaban J connectivity index is 1.76. The van der Waals surface area contributed by atoms with Gasteiger partial charge in [-0.3, -0.25) is 0 Å². The fraction of sp³-hybridized carbons (Fsp3) is 0.250. The van der Waals surface area contributed by atoms with Gasteiger partial charge in [0.1, 0.15) is 11.4 Å². The van der Waals surface area contributed by atoms with E-state index in [1.54, 1.807) is 13.0 Å². The van der Waals surface area contributed by atoms with Crippen molar-refractivity contribution in [2.45, 2.75) is 18.9 Å². The Hall–Kier alpha value is -2.67. The third-order valence-corrected chi connectivity index (χ3v) is 7.18. The second kappa shape index (κ2) is 5.92. The van der Waals surface area contributed by atoms with E-state index in [0.29, 0.717) is 6.42 Å². The van der Waals surface area contributed by atoms with Crippen molar-refractivity contribution in [1.82, 2.24) is 4.31 Å². The zero-order chi connectivity index (χ0) is 19.4. The molecular formula is C20H20FN3O2S. The average Bonchev–Trinajstić information content (AvgIpc) is 3.02. The second-order valence-corrected chi connectivity index (χ2v) is 9.21. The van der Waals surface area contributed by atoms with E-state index in [1.165, 1.54) is 13.1 Å². The first kappa shape index (κ1) is 17.7. The molecule has 0 aromatic heterocycles. The van der Waals surface area contributed by atoms with Crippen LogP contribution in [0.2, 0.25) is 0 Å². The van der Waals surface area contributed by atoms with E-state index in [1.807, 2.05) is 36.4 Å². The summed E-state index contributed by atoms with van der Waals surface area (Å²) in [5.74, 6) is -0.934. The third kappa shape index (κ3) is 2.92. The van der Waals surface area contributed by atoms with Gasteiger partial charge in [-0.1, -0.05) is 36.4 Å². The van der Waals surface area contributed by atoms with Crippen molar-refractivity contribution in [3.05, 3.63) is 70.5 Å². The van der Waals surface area contributed by atoms with Crippen molar-refractivity contribution < 1.29 is 12.8 Å². The number of nitrogens with zero attached hydrogens (tertiary/aromatic N) is 2. The quantitative estimate of drug-likeness (QED) is 0.864. The zero-order valence-corrected chi connectivity index (χ0v) is 15.9. The van der Waals surface area contributed by atoms with Crippen LogP contribution in [0.5, 0.6) is 0 Å². The first-order valence-corrected chi connectivity index (χ1v) is 10.2. The van der Waals surface area contributed by atoms with E-state index < -0.39 is 21.4 Å².